The second-order valence-corrected chi connectivity index (χ2v) is 5.91. The average molecular weight is 228 g/mol. The van der Waals surface area contributed by atoms with Gasteiger partial charge >= 0.3 is 5.97 Å². The van der Waals surface area contributed by atoms with Gasteiger partial charge in [0.2, 0.25) is 0 Å². The first-order chi connectivity index (χ1) is 7.19. The van der Waals surface area contributed by atoms with E-state index in [-0.39, 0.29) is 29.7 Å². The van der Waals surface area contributed by atoms with E-state index in [9.17, 15) is 4.79 Å². The predicted octanol–water partition coefficient (Wildman–Crippen LogP) is 1.14. The van der Waals surface area contributed by atoms with Gasteiger partial charge in [-0.3, -0.25) is 9.69 Å². The summed E-state index contributed by atoms with van der Waals surface area (Å²) >= 11 is 0. The molecule has 0 radical (unpaired) electrons. The maximum atomic E-state index is 11.2. The van der Waals surface area contributed by atoms with Gasteiger partial charge in [0, 0.05) is 23.9 Å². The minimum Gasteiger partial charge on any atom is -0.461 e. The van der Waals surface area contributed by atoms with Crippen molar-refractivity contribution in [1.29, 1.82) is 0 Å². The molecule has 0 aromatic heterocycles. The zero-order chi connectivity index (χ0) is 12.6. The van der Waals surface area contributed by atoms with Crippen LogP contribution in [0, 0.1) is 0 Å². The fraction of sp³-hybridized carbons (Fsp3) is 0.917. The molecular weight excluding hydrogens is 204 g/mol. The molecule has 0 aliphatic carbocycles. The van der Waals surface area contributed by atoms with Gasteiger partial charge in [-0.1, -0.05) is 0 Å². The largest absolute Gasteiger partial charge is 0.461 e. The summed E-state index contributed by atoms with van der Waals surface area (Å²) in [6, 6.07) is 0. The lowest BCUT2D eigenvalue weighted by molar-refractivity contribution is -0.157. The molecule has 2 N–H and O–H groups in total. The summed E-state index contributed by atoms with van der Waals surface area (Å²) in [7, 11) is 2.13. The van der Waals surface area contributed by atoms with Gasteiger partial charge in [-0.15, -0.1) is 0 Å². The Morgan fingerprint density at radius 1 is 1.31 bits per heavy atom. The zero-order valence-electron chi connectivity index (χ0n) is 11.0. The van der Waals surface area contributed by atoms with Gasteiger partial charge in [-0.05, 0) is 34.7 Å². The van der Waals surface area contributed by atoms with Gasteiger partial charge in [-0.25, -0.2) is 0 Å². The molecule has 0 bridgehead atoms. The van der Waals surface area contributed by atoms with Crippen LogP contribution in [-0.2, 0) is 9.53 Å². The number of carbonyl (C=O) groups excluding carboxylic acids is 1. The molecule has 0 spiro atoms. The van der Waals surface area contributed by atoms with Crippen molar-refractivity contribution in [1.82, 2.24) is 4.90 Å². The molecule has 4 nitrogen and oxygen atoms in total. The number of hydrogen-bond donors (Lipinski definition) is 1. The predicted molar refractivity (Wildman–Crippen MR) is 64.1 cm³/mol. The first-order valence-electron chi connectivity index (χ1n) is 5.82. The molecule has 1 rings (SSSR count). The minimum absolute atomic E-state index is 0.0164. The van der Waals surface area contributed by atoms with E-state index in [1.54, 1.807) is 0 Å². The Kier molecular flexibility index (Phi) is 3.65. The highest BCUT2D eigenvalue weighted by molar-refractivity contribution is 5.71. The normalized spacial score (nSPS) is 25.4. The summed E-state index contributed by atoms with van der Waals surface area (Å²) in [6.07, 6.45) is 1.70. The molecule has 1 aliphatic heterocycles. The molecule has 1 aliphatic rings. The molecule has 16 heavy (non-hydrogen) atoms. The Balaban J connectivity index is 2.75. The number of likely N-dealkylation sites (tertiary alicyclic amines) is 1. The van der Waals surface area contributed by atoms with Crippen LogP contribution in [-0.4, -0.2) is 41.6 Å². The van der Waals surface area contributed by atoms with E-state index >= 15 is 0 Å². The van der Waals surface area contributed by atoms with Crippen LogP contribution in [0.1, 0.15) is 40.5 Å². The molecule has 0 saturated carbocycles. The van der Waals surface area contributed by atoms with Crippen LogP contribution in [0.15, 0.2) is 0 Å². The van der Waals surface area contributed by atoms with Gasteiger partial charge in [-0.2, -0.15) is 0 Å². The highest BCUT2D eigenvalue weighted by Gasteiger charge is 2.44. The van der Waals surface area contributed by atoms with Gasteiger partial charge in [0.15, 0.2) is 0 Å². The number of nitrogens with two attached hydrogens (primary N) is 1. The maximum absolute atomic E-state index is 11.2. The Morgan fingerprint density at radius 3 is 2.12 bits per heavy atom. The summed E-state index contributed by atoms with van der Waals surface area (Å²) in [5.74, 6) is -0.304. The SMILES string of the molecule is CN1C(C)(C)CC(OC(=O)CN)CC1(C)C. The third-order valence-corrected chi connectivity index (χ3v) is 3.74. The summed E-state index contributed by atoms with van der Waals surface area (Å²) in [4.78, 5) is 13.6. The summed E-state index contributed by atoms with van der Waals surface area (Å²) in [6.45, 7) is 8.68. The Bertz CT molecular complexity index is 256. The van der Waals surface area contributed by atoms with Crippen molar-refractivity contribution in [2.45, 2.75) is 57.7 Å². The summed E-state index contributed by atoms with van der Waals surface area (Å²) < 4.78 is 5.37. The first kappa shape index (κ1) is 13.5. The molecule has 0 aromatic carbocycles. The van der Waals surface area contributed by atoms with Crippen LogP contribution in [0.25, 0.3) is 0 Å². The number of esters is 1. The van der Waals surface area contributed by atoms with Crippen LogP contribution in [0.2, 0.25) is 0 Å². The number of carbonyl (C=O) groups is 1. The molecule has 94 valence electrons. The van der Waals surface area contributed by atoms with Gasteiger partial charge in [0.1, 0.15) is 6.10 Å². The quantitative estimate of drug-likeness (QED) is 0.720. The Labute approximate surface area is 98.1 Å². The number of ether oxygens (including phenoxy) is 1. The van der Waals surface area contributed by atoms with Crippen LogP contribution < -0.4 is 5.73 Å². The highest BCUT2D eigenvalue weighted by Crippen LogP contribution is 2.37. The monoisotopic (exact) mass is 228 g/mol. The van der Waals surface area contributed by atoms with Crippen molar-refractivity contribution in [2.75, 3.05) is 13.6 Å². The van der Waals surface area contributed by atoms with Gasteiger partial charge in [0.25, 0.3) is 0 Å². The van der Waals surface area contributed by atoms with Crippen molar-refractivity contribution in [3.63, 3.8) is 0 Å². The summed E-state index contributed by atoms with van der Waals surface area (Å²) in [5, 5.41) is 0. The molecular formula is C12H24N2O2. The Morgan fingerprint density at radius 2 is 1.75 bits per heavy atom. The van der Waals surface area contributed by atoms with Crippen molar-refractivity contribution >= 4 is 5.97 Å². The molecule has 0 amide bonds. The molecule has 0 unspecified atom stereocenters. The first-order valence-corrected chi connectivity index (χ1v) is 5.82. The van der Waals surface area contributed by atoms with Crippen LogP contribution in [0.5, 0.6) is 0 Å². The van der Waals surface area contributed by atoms with Crippen molar-refractivity contribution < 1.29 is 9.53 Å². The van der Waals surface area contributed by atoms with E-state index in [0.29, 0.717) is 0 Å². The minimum atomic E-state index is -0.304. The van der Waals surface area contributed by atoms with Crippen LogP contribution >= 0.6 is 0 Å². The molecule has 1 saturated heterocycles. The standard InChI is InChI=1S/C12H24N2O2/c1-11(2)6-9(16-10(15)8-13)7-12(3,4)14(11)5/h9H,6-8,13H2,1-5H3. The molecule has 1 fully saturated rings. The Hall–Kier alpha value is -0.610. The van der Waals surface area contributed by atoms with E-state index in [4.69, 9.17) is 10.5 Å². The second kappa shape index (κ2) is 4.34. The van der Waals surface area contributed by atoms with E-state index in [1.165, 1.54) is 0 Å². The van der Waals surface area contributed by atoms with E-state index in [1.807, 2.05) is 0 Å². The molecule has 0 atom stereocenters. The highest BCUT2D eigenvalue weighted by atomic mass is 16.5. The number of piperidine rings is 1. The zero-order valence-corrected chi connectivity index (χ0v) is 11.0. The molecule has 0 aromatic rings. The van der Waals surface area contributed by atoms with Crippen molar-refractivity contribution in [3.05, 3.63) is 0 Å². The third kappa shape index (κ3) is 2.74. The average Bonchev–Trinajstić information content (AvgIpc) is 2.13. The van der Waals surface area contributed by atoms with Crippen LogP contribution in [0.3, 0.4) is 0 Å². The topological polar surface area (TPSA) is 55.6 Å². The lowest BCUT2D eigenvalue weighted by Gasteiger charge is -2.53. The second-order valence-electron chi connectivity index (χ2n) is 5.91. The van der Waals surface area contributed by atoms with Gasteiger partial charge < -0.3 is 10.5 Å². The molecule has 4 heteroatoms. The smallest absolute Gasteiger partial charge is 0.319 e. The summed E-state index contributed by atoms with van der Waals surface area (Å²) in [5.41, 5.74) is 5.35. The van der Waals surface area contributed by atoms with E-state index in [2.05, 4.69) is 39.6 Å². The number of nitrogens with zero attached hydrogens (tertiary/aromatic N) is 1. The van der Waals surface area contributed by atoms with E-state index in [0.717, 1.165) is 12.8 Å². The lowest BCUT2D eigenvalue weighted by atomic mass is 9.79. The molecule has 1 heterocycles. The van der Waals surface area contributed by atoms with E-state index < -0.39 is 0 Å². The van der Waals surface area contributed by atoms with Crippen molar-refractivity contribution in [3.8, 4) is 0 Å². The fourth-order valence-corrected chi connectivity index (χ4v) is 2.60. The fourth-order valence-electron chi connectivity index (χ4n) is 2.60. The van der Waals surface area contributed by atoms with Crippen LogP contribution in [0.4, 0.5) is 0 Å². The lowest BCUT2D eigenvalue weighted by Crippen LogP contribution is -2.60. The number of hydrogen-bond acceptors (Lipinski definition) is 4. The number of rotatable bonds is 2. The third-order valence-electron chi connectivity index (χ3n) is 3.74. The van der Waals surface area contributed by atoms with Gasteiger partial charge in [0.05, 0.1) is 6.54 Å². The maximum Gasteiger partial charge on any atom is 0.319 e. The van der Waals surface area contributed by atoms with Crippen molar-refractivity contribution in [2.24, 2.45) is 5.73 Å².